The smallest absolute Gasteiger partial charge is 0.384 e. The van der Waals surface area contributed by atoms with Gasteiger partial charge in [0.05, 0.1) is 5.56 Å². The fourth-order valence-electron chi connectivity index (χ4n) is 4.98. The van der Waals surface area contributed by atoms with Crippen molar-refractivity contribution in [3.63, 3.8) is 0 Å². The van der Waals surface area contributed by atoms with E-state index in [2.05, 4.69) is 10.6 Å². The molecule has 0 spiro atoms. The highest BCUT2D eigenvalue weighted by atomic mass is 19.4. The Bertz CT molecular complexity index is 1460. The van der Waals surface area contributed by atoms with Crippen LogP contribution in [0.3, 0.4) is 0 Å². The molecule has 41 heavy (non-hydrogen) atoms. The SMILES string of the molecule is CCC(NC(=N)N)NC(=O)C1CCN(C(=O)c2cc3ccc(C(=N)N)cc3n2Cc2ccc(C(F)(F)F)cc2)CC1. The van der Waals surface area contributed by atoms with Crippen molar-refractivity contribution >= 4 is 34.5 Å². The molecule has 1 unspecified atom stereocenters. The first-order valence-corrected chi connectivity index (χ1v) is 13.2. The number of nitrogens with two attached hydrogens (primary N) is 2. The number of benzene rings is 2. The third-order valence-electron chi connectivity index (χ3n) is 7.26. The molecule has 1 saturated heterocycles. The first-order valence-electron chi connectivity index (χ1n) is 13.2. The maximum atomic E-state index is 13.7. The molecule has 2 heterocycles. The Morgan fingerprint density at radius 1 is 1.02 bits per heavy atom. The van der Waals surface area contributed by atoms with E-state index < -0.39 is 17.9 Å². The molecule has 1 aromatic heterocycles. The van der Waals surface area contributed by atoms with Gasteiger partial charge in [-0.1, -0.05) is 31.2 Å². The van der Waals surface area contributed by atoms with Crippen LogP contribution in [0.4, 0.5) is 13.2 Å². The number of carbonyl (C=O) groups is 2. The van der Waals surface area contributed by atoms with Crippen LogP contribution in [0.2, 0.25) is 0 Å². The van der Waals surface area contributed by atoms with Gasteiger partial charge in [-0.25, -0.2) is 0 Å². The lowest BCUT2D eigenvalue weighted by molar-refractivity contribution is -0.137. The Balaban J connectivity index is 1.56. The molecule has 0 radical (unpaired) electrons. The van der Waals surface area contributed by atoms with E-state index in [1.807, 2.05) is 6.92 Å². The topological polar surface area (TPSA) is 166 Å². The molecule has 218 valence electrons. The molecule has 0 aliphatic carbocycles. The minimum atomic E-state index is -4.46. The molecule has 3 aromatic rings. The number of nitrogen functional groups attached to an aromatic ring is 1. The number of aromatic nitrogens is 1. The van der Waals surface area contributed by atoms with E-state index in [4.69, 9.17) is 22.3 Å². The van der Waals surface area contributed by atoms with Crippen LogP contribution < -0.4 is 22.1 Å². The Morgan fingerprint density at radius 3 is 2.24 bits per heavy atom. The molecule has 1 fully saturated rings. The lowest BCUT2D eigenvalue weighted by Crippen LogP contribution is -2.52. The number of nitrogens with one attached hydrogen (secondary N) is 4. The quantitative estimate of drug-likeness (QED) is 0.139. The van der Waals surface area contributed by atoms with E-state index in [1.54, 1.807) is 33.7 Å². The van der Waals surface area contributed by atoms with Crippen molar-refractivity contribution in [2.75, 3.05) is 13.1 Å². The van der Waals surface area contributed by atoms with E-state index in [-0.39, 0.29) is 36.1 Å². The van der Waals surface area contributed by atoms with E-state index in [9.17, 15) is 22.8 Å². The van der Waals surface area contributed by atoms with Gasteiger partial charge < -0.3 is 31.6 Å². The molecule has 8 N–H and O–H groups in total. The summed E-state index contributed by atoms with van der Waals surface area (Å²) in [4.78, 5) is 28.2. The monoisotopic (exact) mass is 570 g/mol. The van der Waals surface area contributed by atoms with Gasteiger partial charge in [-0.3, -0.25) is 20.4 Å². The molecular weight excluding hydrogens is 537 g/mol. The number of nitrogens with zero attached hydrogens (tertiary/aromatic N) is 2. The van der Waals surface area contributed by atoms with E-state index in [0.29, 0.717) is 54.7 Å². The highest BCUT2D eigenvalue weighted by Gasteiger charge is 2.31. The average molecular weight is 571 g/mol. The molecule has 13 heteroatoms. The number of piperidine rings is 1. The summed E-state index contributed by atoms with van der Waals surface area (Å²) in [5.74, 6) is -1.13. The predicted molar refractivity (Wildman–Crippen MR) is 149 cm³/mol. The first kappa shape index (κ1) is 29.4. The molecule has 4 rings (SSSR count). The van der Waals surface area contributed by atoms with Crippen LogP contribution in [-0.4, -0.2) is 52.3 Å². The van der Waals surface area contributed by atoms with Crippen LogP contribution in [0.1, 0.15) is 53.4 Å². The van der Waals surface area contributed by atoms with Crippen LogP contribution in [0.5, 0.6) is 0 Å². The van der Waals surface area contributed by atoms with Crippen LogP contribution >= 0.6 is 0 Å². The van der Waals surface area contributed by atoms with Crippen LogP contribution in [0, 0.1) is 16.7 Å². The third kappa shape index (κ3) is 6.79. The van der Waals surface area contributed by atoms with Crippen molar-refractivity contribution in [2.45, 2.75) is 45.1 Å². The second kappa shape index (κ2) is 11.9. The van der Waals surface area contributed by atoms with Crippen molar-refractivity contribution in [1.82, 2.24) is 20.1 Å². The van der Waals surface area contributed by atoms with Crippen molar-refractivity contribution in [1.29, 1.82) is 10.8 Å². The summed E-state index contributed by atoms with van der Waals surface area (Å²) < 4.78 is 41.0. The second-order valence-corrected chi connectivity index (χ2v) is 10.1. The highest BCUT2D eigenvalue weighted by molar-refractivity contribution is 6.02. The van der Waals surface area contributed by atoms with Gasteiger partial charge >= 0.3 is 6.18 Å². The maximum Gasteiger partial charge on any atom is 0.416 e. The minimum Gasteiger partial charge on any atom is -0.384 e. The Kier molecular flexibility index (Phi) is 8.55. The average Bonchev–Trinajstić information content (AvgIpc) is 3.29. The van der Waals surface area contributed by atoms with Gasteiger partial charge in [0.2, 0.25) is 5.91 Å². The summed E-state index contributed by atoms with van der Waals surface area (Å²) in [6.07, 6.45) is -3.48. The lowest BCUT2D eigenvalue weighted by atomic mass is 9.95. The summed E-state index contributed by atoms with van der Waals surface area (Å²) >= 11 is 0. The van der Waals surface area contributed by atoms with Gasteiger partial charge in [-0.2, -0.15) is 13.2 Å². The zero-order valence-electron chi connectivity index (χ0n) is 22.5. The molecule has 1 atom stereocenters. The number of hydrogen-bond donors (Lipinski definition) is 6. The summed E-state index contributed by atoms with van der Waals surface area (Å²) in [7, 11) is 0. The number of likely N-dealkylation sites (tertiary alicyclic amines) is 1. The van der Waals surface area contributed by atoms with Crippen molar-refractivity contribution in [3.8, 4) is 0 Å². The number of guanidine groups is 1. The van der Waals surface area contributed by atoms with Gasteiger partial charge in [0.15, 0.2) is 5.96 Å². The second-order valence-electron chi connectivity index (χ2n) is 10.1. The standard InChI is InChI=1S/C28H33F3N8O2/c1-2-23(37-27(34)35)36-25(40)17-9-11-38(12-10-17)26(41)22-13-18-5-6-19(24(32)33)14-21(18)39(22)15-16-3-7-20(8-4-16)28(29,30)31/h3-8,13-14,17,23H,2,9-12,15H2,1H3,(H3,32,33)(H,36,40)(H4,34,35,37). The maximum absolute atomic E-state index is 13.7. The number of amidine groups is 1. The molecule has 1 aliphatic heterocycles. The minimum absolute atomic E-state index is 0.129. The number of halogens is 3. The van der Waals surface area contributed by atoms with Gasteiger partial charge in [0.1, 0.15) is 17.7 Å². The van der Waals surface area contributed by atoms with Gasteiger partial charge in [-0.05, 0) is 49.1 Å². The van der Waals surface area contributed by atoms with Gasteiger partial charge in [0.25, 0.3) is 5.91 Å². The number of amides is 2. The Hall–Kier alpha value is -4.55. The molecule has 0 saturated carbocycles. The Morgan fingerprint density at radius 2 is 1.68 bits per heavy atom. The number of hydrogen-bond acceptors (Lipinski definition) is 4. The largest absolute Gasteiger partial charge is 0.416 e. The van der Waals surface area contributed by atoms with E-state index >= 15 is 0 Å². The van der Waals surface area contributed by atoms with Gasteiger partial charge in [0, 0.05) is 42.0 Å². The summed E-state index contributed by atoms with van der Waals surface area (Å²) in [6, 6.07) is 11.6. The lowest BCUT2D eigenvalue weighted by Gasteiger charge is -2.32. The zero-order valence-corrected chi connectivity index (χ0v) is 22.5. The number of rotatable bonds is 8. The zero-order chi connectivity index (χ0) is 29.9. The predicted octanol–water partition coefficient (Wildman–Crippen LogP) is 3.18. The Labute approximate surface area is 234 Å². The summed E-state index contributed by atoms with van der Waals surface area (Å²) in [5.41, 5.74) is 12.3. The van der Waals surface area contributed by atoms with E-state index in [1.165, 1.54) is 12.1 Å². The fourth-order valence-corrected chi connectivity index (χ4v) is 4.98. The van der Waals surface area contributed by atoms with Crippen LogP contribution in [-0.2, 0) is 17.5 Å². The van der Waals surface area contributed by atoms with Crippen LogP contribution in [0.25, 0.3) is 10.9 Å². The molecule has 10 nitrogen and oxygen atoms in total. The summed E-state index contributed by atoms with van der Waals surface area (Å²) in [5, 5.41) is 21.5. The fraction of sp³-hybridized carbons (Fsp3) is 0.357. The summed E-state index contributed by atoms with van der Waals surface area (Å²) in [6.45, 7) is 2.67. The molecular formula is C28H33F3N8O2. The molecule has 0 bridgehead atoms. The number of alkyl halides is 3. The van der Waals surface area contributed by atoms with Crippen molar-refractivity contribution < 1.29 is 22.8 Å². The normalized spacial score (nSPS) is 15.0. The highest BCUT2D eigenvalue weighted by Crippen LogP contribution is 2.30. The van der Waals surface area contributed by atoms with Crippen LogP contribution in [0.15, 0.2) is 48.5 Å². The van der Waals surface area contributed by atoms with Gasteiger partial charge in [-0.15, -0.1) is 0 Å². The number of carbonyl (C=O) groups excluding carboxylic acids is 2. The van der Waals surface area contributed by atoms with Crippen molar-refractivity contribution in [3.05, 3.63) is 70.9 Å². The number of fused-ring (bicyclic) bond motifs is 1. The molecule has 1 aliphatic rings. The molecule has 2 aromatic carbocycles. The third-order valence-corrected chi connectivity index (χ3v) is 7.26. The first-order chi connectivity index (χ1) is 19.4. The van der Waals surface area contributed by atoms with E-state index in [0.717, 1.165) is 17.5 Å². The van der Waals surface area contributed by atoms with Crippen molar-refractivity contribution in [2.24, 2.45) is 17.4 Å². The molecule has 2 amide bonds.